The normalized spacial score (nSPS) is 11.5. The first kappa shape index (κ1) is 13.7. The zero-order chi connectivity index (χ0) is 15.1. The molecular formula is C15H15N5S2. The Morgan fingerprint density at radius 1 is 1.27 bits per heavy atom. The highest BCUT2D eigenvalue weighted by Gasteiger charge is 2.11. The minimum Gasteiger partial charge on any atom is -0.330 e. The summed E-state index contributed by atoms with van der Waals surface area (Å²) in [5.74, 6) is 1.04. The van der Waals surface area contributed by atoms with Crippen molar-refractivity contribution in [2.45, 2.75) is 26.8 Å². The molecule has 0 saturated heterocycles. The Morgan fingerprint density at radius 3 is 2.95 bits per heavy atom. The van der Waals surface area contributed by atoms with E-state index in [0.29, 0.717) is 0 Å². The largest absolute Gasteiger partial charge is 0.330 e. The molecule has 0 spiro atoms. The van der Waals surface area contributed by atoms with E-state index in [0.717, 1.165) is 34.5 Å². The lowest BCUT2D eigenvalue weighted by Gasteiger charge is -2.06. The minimum atomic E-state index is 0.872. The van der Waals surface area contributed by atoms with Crippen molar-refractivity contribution in [1.82, 2.24) is 24.1 Å². The van der Waals surface area contributed by atoms with E-state index in [1.54, 1.807) is 22.7 Å². The molecule has 4 rings (SSSR count). The minimum absolute atomic E-state index is 0.872. The van der Waals surface area contributed by atoms with E-state index in [1.165, 1.54) is 10.4 Å². The molecule has 112 valence electrons. The average Bonchev–Trinajstić information content (AvgIpc) is 3.19. The first-order valence-electron chi connectivity index (χ1n) is 7.08. The molecule has 4 aromatic heterocycles. The maximum absolute atomic E-state index is 4.63. The van der Waals surface area contributed by atoms with Gasteiger partial charge in [0.25, 0.3) is 0 Å². The summed E-state index contributed by atoms with van der Waals surface area (Å²) in [5.41, 5.74) is 2.35. The summed E-state index contributed by atoms with van der Waals surface area (Å²) in [6.45, 7) is 5.00. The fourth-order valence-corrected chi connectivity index (χ4v) is 4.18. The summed E-state index contributed by atoms with van der Waals surface area (Å²) in [6.07, 6.45) is 6.80. The van der Waals surface area contributed by atoms with Crippen molar-refractivity contribution in [3.8, 4) is 10.7 Å². The summed E-state index contributed by atoms with van der Waals surface area (Å²) in [7, 11) is 0. The van der Waals surface area contributed by atoms with Gasteiger partial charge in [-0.2, -0.15) is 5.10 Å². The van der Waals surface area contributed by atoms with Crippen LogP contribution in [0.15, 0.2) is 30.0 Å². The van der Waals surface area contributed by atoms with Crippen LogP contribution in [0.25, 0.3) is 15.7 Å². The van der Waals surface area contributed by atoms with Gasteiger partial charge in [0.1, 0.15) is 10.8 Å². The Kier molecular flexibility index (Phi) is 3.31. The molecule has 0 aromatic carbocycles. The number of hydrogen-bond acceptors (Lipinski definition) is 5. The number of imidazole rings is 2. The van der Waals surface area contributed by atoms with Crippen LogP contribution in [0.1, 0.15) is 16.3 Å². The highest BCUT2D eigenvalue weighted by Crippen LogP contribution is 2.27. The molecule has 0 saturated carbocycles. The summed E-state index contributed by atoms with van der Waals surface area (Å²) < 4.78 is 4.07. The van der Waals surface area contributed by atoms with Crippen LogP contribution in [0.4, 0.5) is 0 Å². The van der Waals surface area contributed by atoms with Gasteiger partial charge in [-0.3, -0.25) is 0 Å². The standard InChI is InChI=1S/C15H15N5S2/c1-10-4-8-21-13(10)14-16-5-7-19(14)6-3-12-9-20-15(17-12)22-11(2)18-20/h4-5,7-9H,3,6H2,1-2H3. The van der Waals surface area contributed by atoms with Crippen LogP contribution in [0, 0.1) is 13.8 Å². The third-order valence-corrected chi connectivity index (χ3v) is 5.43. The topological polar surface area (TPSA) is 48.0 Å². The lowest BCUT2D eigenvalue weighted by molar-refractivity contribution is 0.694. The van der Waals surface area contributed by atoms with E-state index in [-0.39, 0.29) is 0 Å². The second-order valence-electron chi connectivity index (χ2n) is 5.21. The lowest BCUT2D eigenvalue weighted by atomic mass is 10.2. The SMILES string of the molecule is Cc1nn2cc(CCn3ccnc3-c3sccc3C)nc2s1. The van der Waals surface area contributed by atoms with E-state index < -0.39 is 0 Å². The van der Waals surface area contributed by atoms with Crippen LogP contribution in [0.5, 0.6) is 0 Å². The molecule has 0 aliphatic carbocycles. The molecule has 0 unspecified atom stereocenters. The molecular weight excluding hydrogens is 314 g/mol. The third kappa shape index (κ3) is 2.36. The summed E-state index contributed by atoms with van der Waals surface area (Å²) in [4.78, 5) is 11.4. The predicted molar refractivity (Wildman–Crippen MR) is 89.6 cm³/mol. The number of nitrogens with zero attached hydrogens (tertiary/aromatic N) is 5. The molecule has 0 atom stereocenters. The second kappa shape index (κ2) is 5.33. The van der Waals surface area contributed by atoms with Crippen LogP contribution in [0.2, 0.25) is 0 Å². The van der Waals surface area contributed by atoms with E-state index in [9.17, 15) is 0 Å². The first-order chi connectivity index (χ1) is 10.7. The Balaban J connectivity index is 1.56. The Morgan fingerprint density at radius 2 is 2.18 bits per heavy atom. The van der Waals surface area contributed by atoms with Gasteiger partial charge in [-0.15, -0.1) is 11.3 Å². The quantitative estimate of drug-likeness (QED) is 0.575. The third-order valence-electron chi connectivity index (χ3n) is 3.58. The fraction of sp³-hybridized carbons (Fsp3) is 0.267. The van der Waals surface area contributed by atoms with Gasteiger partial charge in [0, 0.05) is 25.4 Å². The van der Waals surface area contributed by atoms with Crippen LogP contribution in [0.3, 0.4) is 0 Å². The summed E-state index contributed by atoms with van der Waals surface area (Å²) in [6, 6.07) is 2.14. The Hall–Kier alpha value is -1.99. The Labute approximate surface area is 135 Å². The van der Waals surface area contributed by atoms with Crippen molar-refractivity contribution < 1.29 is 0 Å². The molecule has 4 aromatic rings. The maximum Gasteiger partial charge on any atom is 0.212 e. The van der Waals surface area contributed by atoms with Gasteiger partial charge < -0.3 is 4.57 Å². The van der Waals surface area contributed by atoms with E-state index in [2.05, 4.69) is 38.0 Å². The van der Waals surface area contributed by atoms with Gasteiger partial charge in [-0.25, -0.2) is 14.5 Å². The Bertz CT molecular complexity index is 895. The van der Waals surface area contributed by atoms with Crippen molar-refractivity contribution in [3.05, 3.63) is 46.3 Å². The molecule has 0 bridgehead atoms. The number of hydrogen-bond donors (Lipinski definition) is 0. The van der Waals surface area contributed by atoms with E-state index in [4.69, 9.17) is 0 Å². The van der Waals surface area contributed by atoms with Crippen LogP contribution < -0.4 is 0 Å². The van der Waals surface area contributed by atoms with E-state index in [1.807, 2.05) is 30.0 Å². The van der Waals surface area contributed by atoms with Gasteiger partial charge >= 0.3 is 0 Å². The highest BCUT2D eigenvalue weighted by atomic mass is 32.1. The second-order valence-corrected chi connectivity index (χ2v) is 7.28. The monoisotopic (exact) mass is 329 g/mol. The lowest BCUT2D eigenvalue weighted by Crippen LogP contribution is -2.02. The summed E-state index contributed by atoms with van der Waals surface area (Å²) >= 11 is 3.36. The average molecular weight is 329 g/mol. The van der Waals surface area contributed by atoms with Crippen molar-refractivity contribution in [2.75, 3.05) is 0 Å². The van der Waals surface area contributed by atoms with Crippen LogP contribution >= 0.6 is 22.7 Å². The number of thiophene rings is 1. The molecule has 0 aliphatic rings. The van der Waals surface area contributed by atoms with E-state index >= 15 is 0 Å². The molecule has 4 heterocycles. The van der Waals surface area contributed by atoms with Gasteiger partial charge in [-0.1, -0.05) is 11.3 Å². The van der Waals surface area contributed by atoms with Crippen molar-refractivity contribution >= 4 is 27.6 Å². The zero-order valence-corrected chi connectivity index (χ0v) is 14.0. The highest BCUT2D eigenvalue weighted by molar-refractivity contribution is 7.16. The summed E-state index contributed by atoms with van der Waals surface area (Å²) in [5, 5.41) is 7.56. The van der Waals surface area contributed by atoms with Gasteiger partial charge in [0.15, 0.2) is 0 Å². The number of fused-ring (bicyclic) bond motifs is 1. The van der Waals surface area contributed by atoms with Gasteiger partial charge in [-0.05, 0) is 30.9 Å². The molecule has 5 nitrogen and oxygen atoms in total. The number of aromatic nitrogens is 5. The molecule has 0 amide bonds. The molecule has 7 heteroatoms. The molecule has 0 radical (unpaired) electrons. The van der Waals surface area contributed by atoms with Crippen molar-refractivity contribution in [1.29, 1.82) is 0 Å². The van der Waals surface area contributed by atoms with Gasteiger partial charge in [0.05, 0.1) is 16.8 Å². The number of rotatable bonds is 4. The number of aryl methyl sites for hydroxylation is 4. The smallest absolute Gasteiger partial charge is 0.212 e. The van der Waals surface area contributed by atoms with Gasteiger partial charge in [0.2, 0.25) is 4.96 Å². The van der Waals surface area contributed by atoms with Crippen molar-refractivity contribution in [3.63, 3.8) is 0 Å². The molecule has 0 N–H and O–H groups in total. The fourth-order valence-electron chi connectivity index (χ4n) is 2.50. The van der Waals surface area contributed by atoms with Crippen LogP contribution in [-0.2, 0) is 13.0 Å². The zero-order valence-electron chi connectivity index (χ0n) is 12.4. The predicted octanol–water partition coefficient (Wildman–Crippen LogP) is 3.58. The maximum atomic E-state index is 4.63. The molecule has 22 heavy (non-hydrogen) atoms. The van der Waals surface area contributed by atoms with Crippen LogP contribution in [-0.4, -0.2) is 24.1 Å². The molecule has 0 aliphatic heterocycles. The first-order valence-corrected chi connectivity index (χ1v) is 8.77. The molecule has 0 fully saturated rings. The van der Waals surface area contributed by atoms with Crippen molar-refractivity contribution in [2.24, 2.45) is 0 Å².